The number of nitrogens with zero attached hydrogens (tertiary/aromatic N) is 1. The molecule has 1 saturated heterocycles. The van der Waals surface area contributed by atoms with Gasteiger partial charge in [0, 0.05) is 39.1 Å². The van der Waals surface area contributed by atoms with Crippen molar-refractivity contribution in [1.29, 1.82) is 0 Å². The SMILES string of the molecule is COC1(OC)C=C[C@H]2CN(C)C[C@H]2C1=O. The monoisotopic (exact) mass is 211 g/mol. The predicted octanol–water partition coefficient (Wildman–Crippen LogP) is 0.292. The fraction of sp³-hybridized carbons (Fsp3) is 0.727. The van der Waals surface area contributed by atoms with Crippen LogP contribution < -0.4 is 0 Å². The molecule has 4 heteroatoms. The fourth-order valence-corrected chi connectivity index (χ4v) is 2.52. The molecule has 0 N–H and O–H groups in total. The summed E-state index contributed by atoms with van der Waals surface area (Å²) >= 11 is 0. The average Bonchev–Trinajstić information content (AvgIpc) is 2.61. The number of ketones is 1. The molecule has 84 valence electrons. The molecule has 2 rings (SSSR count). The van der Waals surface area contributed by atoms with Gasteiger partial charge in [-0.1, -0.05) is 6.08 Å². The number of carbonyl (C=O) groups excluding carboxylic acids is 1. The normalized spacial score (nSPS) is 34.5. The summed E-state index contributed by atoms with van der Waals surface area (Å²) in [6.07, 6.45) is 3.79. The summed E-state index contributed by atoms with van der Waals surface area (Å²) in [4.78, 5) is 14.4. The van der Waals surface area contributed by atoms with Crippen LogP contribution in [0.25, 0.3) is 0 Å². The van der Waals surface area contributed by atoms with Crippen molar-refractivity contribution in [3.8, 4) is 0 Å². The van der Waals surface area contributed by atoms with Crippen molar-refractivity contribution in [3.63, 3.8) is 0 Å². The first kappa shape index (κ1) is 10.8. The van der Waals surface area contributed by atoms with Crippen LogP contribution >= 0.6 is 0 Å². The molecule has 1 fully saturated rings. The highest BCUT2D eigenvalue weighted by Crippen LogP contribution is 2.35. The molecule has 15 heavy (non-hydrogen) atoms. The van der Waals surface area contributed by atoms with E-state index in [4.69, 9.17) is 9.47 Å². The van der Waals surface area contributed by atoms with Crippen LogP contribution in [0, 0.1) is 11.8 Å². The number of hydrogen-bond acceptors (Lipinski definition) is 4. The van der Waals surface area contributed by atoms with Gasteiger partial charge in [-0.2, -0.15) is 0 Å². The Kier molecular flexibility index (Phi) is 2.66. The number of hydrogen-bond donors (Lipinski definition) is 0. The first-order chi connectivity index (χ1) is 7.13. The minimum Gasteiger partial charge on any atom is -0.344 e. The van der Waals surface area contributed by atoms with Crippen LogP contribution in [-0.4, -0.2) is 50.8 Å². The molecule has 2 atom stereocenters. The van der Waals surface area contributed by atoms with E-state index in [1.807, 2.05) is 13.1 Å². The molecule has 0 bridgehead atoms. The Balaban J connectivity index is 2.29. The molecule has 1 aliphatic heterocycles. The van der Waals surface area contributed by atoms with Crippen molar-refractivity contribution in [3.05, 3.63) is 12.2 Å². The minimum absolute atomic E-state index is 0.0138. The molecule has 0 spiro atoms. The van der Waals surface area contributed by atoms with Gasteiger partial charge >= 0.3 is 0 Å². The molecule has 0 aromatic rings. The Hall–Kier alpha value is -0.710. The van der Waals surface area contributed by atoms with Gasteiger partial charge in [-0.15, -0.1) is 0 Å². The summed E-state index contributed by atoms with van der Waals surface area (Å²) in [5.74, 6) is -0.767. The Morgan fingerprint density at radius 1 is 1.40 bits per heavy atom. The van der Waals surface area contributed by atoms with Crippen LogP contribution in [0.2, 0.25) is 0 Å². The van der Waals surface area contributed by atoms with Crippen molar-refractivity contribution in [2.75, 3.05) is 34.4 Å². The highest BCUT2D eigenvalue weighted by molar-refractivity contribution is 5.92. The number of fused-ring (bicyclic) bond motifs is 1. The summed E-state index contributed by atoms with van der Waals surface area (Å²) in [6, 6.07) is 0. The lowest BCUT2D eigenvalue weighted by Gasteiger charge is -2.33. The quantitative estimate of drug-likeness (QED) is 0.486. The molecule has 0 unspecified atom stereocenters. The maximum atomic E-state index is 12.2. The van der Waals surface area contributed by atoms with Crippen LogP contribution in [0.15, 0.2) is 12.2 Å². The maximum absolute atomic E-state index is 12.2. The van der Waals surface area contributed by atoms with E-state index in [-0.39, 0.29) is 11.7 Å². The van der Waals surface area contributed by atoms with E-state index in [0.717, 1.165) is 13.1 Å². The Morgan fingerprint density at radius 2 is 2.07 bits per heavy atom. The largest absolute Gasteiger partial charge is 0.344 e. The van der Waals surface area contributed by atoms with E-state index in [1.54, 1.807) is 6.08 Å². The lowest BCUT2D eigenvalue weighted by molar-refractivity contribution is -0.192. The van der Waals surface area contributed by atoms with E-state index >= 15 is 0 Å². The maximum Gasteiger partial charge on any atom is 0.249 e. The third-order valence-electron chi connectivity index (χ3n) is 3.40. The van der Waals surface area contributed by atoms with Crippen molar-refractivity contribution < 1.29 is 14.3 Å². The van der Waals surface area contributed by atoms with E-state index in [2.05, 4.69) is 4.90 Å². The van der Waals surface area contributed by atoms with Crippen LogP contribution in [0.3, 0.4) is 0 Å². The zero-order chi connectivity index (χ0) is 11.1. The highest BCUT2D eigenvalue weighted by Gasteiger charge is 2.49. The van der Waals surface area contributed by atoms with Crippen molar-refractivity contribution in [2.45, 2.75) is 5.79 Å². The Morgan fingerprint density at radius 3 is 2.67 bits per heavy atom. The fourth-order valence-electron chi connectivity index (χ4n) is 2.52. The summed E-state index contributed by atoms with van der Waals surface area (Å²) in [5.41, 5.74) is 0. The second kappa shape index (κ2) is 3.70. The molecule has 0 radical (unpaired) electrons. The highest BCUT2D eigenvalue weighted by atomic mass is 16.7. The summed E-state index contributed by atoms with van der Waals surface area (Å²) < 4.78 is 10.4. The van der Waals surface area contributed by atoms with Gasteiger partial charge in [0.05, 0.1) is 0 Å². The molecule has 4 nitrogen and oxygen atoms in total. The van der Waals surface area contributed by atoms with Gasteiger partial charge in [-0.25, -0.2) is 0 Å². The molecule has 0 saturated carbocycles. The van der Waals surface area contributed by atoms with Gasteiger partial charge in [-0.05, 0) is 13.1 Å². The minimum atomic E-state index is -1.15. The predicted molar refractivity (Wildman–Crippen MR) is 55.4 cm³/mol. The summed E-state index contributed by atoms with van der Waals surface area (Å²) in [5, 5.41) is 0. The lowest BCUT2D eigenvalue weighted by Crippen LogP contribution is -2.48. The summed E-state index contributed by atoms with van der Waals surface area (Å²) in [6.45, 7) is 1.73. The Labute approximate surface area is 89.8 Å². The molecular weight excluding hydrogens is 194 g/mol. The van der Waals surface area contributed by atoms with E-state index < -0.39 is 5.79 Å². The van der Waals surface area contributed by atoms with E-state index in [0.29, 0.717) is 5.92 Å². The standard InChI is InChI=1S/C11H17NO3/c1-12-6-8-4-5-11(14-2,15-3)10(13)9(8)7-12/h4-5,8-9H,6-7H2,1-3H3/t8-,9+/m0/s1. The molecule has 0 amide bonds. The van der Waals surface area contributed by atoms with Crippen molar-refractivity contribution in [2.24, 2.45) is 11.8 Å². The molecule has 0 aromatic carbocycles. The Bertz CT molecular complexity index is 296. The van der Waals surface area contributed by atoms with Gasteiger partial charge in [-0.3, -0.25) is 4.79 Å². The van der Waals surface area contributed by atoms with Gasteiger partial charge in [0.2, 0.25) is 11.6 Å². The second-order valence-electron chi connectivity index (χ2n) is 4.29. The number of Topliss-reactive ketones (excluding diaryl/α,β-unsaturated/α-hetero) is 1. The zero-order valence-electron chi connectivity index (χ0n) is 9.40. The first-order valence-corrected chi connectivity index (χ1v) is 5.15. The average molecular weight is 211 g/mol. The summed E-state index contributed by atoms with van der Waals surface area (Å²) in [7, 11) is 5.04. The molecule has 0 aromatic heterocycles. The van der Waals surface area contributed by atoms with Gasteiger partial charge < -0.3 is 14.4 Å². The number of carbonyl (C=O) groups is 1. The van der Waals surface area contributed by atoms with Crippen LogP contribution in [-0.2, 0) is 14.3 Å². The van der Waals surface area contributed by atoms with Crippen molar-refractivity contribution >= 4 is 5.78 Å². The van der Waals surface area contributed by atoms with Crippen LogP contribution in [0.1, 0.15) is 0 Å². The lowest BCUT2D eigenvalue weighted by atomic mass is 9.82. The molecule has 1 aliphatic carbocycles. The van der Waals surface area contributed by atoms with Gasteiger partial charge in [0.25, 0.3) is 0 Å². The third-order valence-corrected chi connectivity index (χ3v) is 3.40. The number of likely N-dealkylation sites (tertiary alicyclic amines) is 1. The molecular formula is C11H17NO3. The number of rotatable bonds is 2. The first-order valence-electron chi connectivity index (χ1n) is 5.15. The van der Waals surface area contributed by atoms with Crippen molar-refractivity contribution in [1.82, 2.24) is 4.90 Å². The van der Waals surface area contributed by atoms with Crippen LogP contribution in [0.5, 0.6) is 0 Å². The van der Waals surface area contributed by atoms with E-state index in [9.17, 15) is 4.79 Å². The van der Waals surface area contributed by atoms with E-state index in [1.165, 1.54) is 14.2 Å². The van der Waals surface area contributed by atoms with Crippen LogP contribution in [0.4, 0.5) is 0 Å². The molecule has 2 aliphatic rings. The van der Waals surface area contributed by atoms with Gasteiger partial charge in [0.15, 0.2) is 0 Å². The number of ether oxygens (including phenoxy) is 2. The zero-order valence-corrected chi connectivity index (χ0v) is 9.40. The smallest absolute Gasteiger partial charge is 0.249 e. The molecule has 1 heterocycles. The second-order valence-corrected chi connectivity index (χ2v) is 4.29. The third kappa shape index (κ3) is 1.53. The topological polar surface area (TPSA) is 38.8 Å². The number of methoxy groups -OCH3 is 2. The van der Waals surface area contributed by atoms with Gasteiger partial charge in [0.1, 0.15) is 0 Å².